The highest BCUT2D eigenvalue weighted by Crippen LogP contribution is 2.34. The minimum absolute atomic E-state index is 0.0392. The number of carbonyl (C=O) groups is 3. The molecule has 1 atom stereocenters. The molecule has 1 unspecified atom stereocenters. The molecule has 0 radical (unpaired) electrons. The summed E-state index contributed by atoms with van der Waals surface area (Å²) in [5, 5.41) is 9.84. The number of nitrogens with zero attached hydrogens (tertiary/aromatic N) is 2. The number of rotatable bonds is 4. The van der Waals surface area contributed by atoms with Gasteiger partial charge in [0.15, 0.2) is 0 Å². The summed E-state index contributed by atoms with van der Waals surface area (Å²) in [4.78, 5) is 42.9. The van der Waals surface area contributed by atoms with Gasteiger partial charge in [0, 0.05) is 29.7 Å². The van der Waals surface area contributed by atoms with Gasteiger partial charge in [0.25, 0.3) is 0 Å². The second kappa shape index (κ2) is 7.72. The molecular formula is C22H27N5O4. The van der Waals surface area contributed by atoms with Crippen LogP contribution in [0.1, 0.15) is 40.5 Å². The quantitative estimate of drug-likeness (QED) is 0.689. The van der Waals surface area contributed by atoms with E-state index in [0.29, 0.717) is 29.1 Å². The maximum Gasteiger partial charge on any atom is 0.412 e. The third-order valence-electron chi connectivity index (χ3n) is 5.14. The van der Waals surface area contributed by atoms with E-state index in [4.69, 9.17) is 4.74 Å². The second-order valence-electron chi connectivity index (χ2n) is 9.08. The van der Waals surface area contributed by atoms with E-state index in [9.17, 15) is 14.4 Å². The van der Waals surface area contributed by atoms with Crippen LogP contribution in [0.2, 0.25) is 0 Å². The molecule has 1 aliphatic heterocycles. The van der Waals surface area contributed by atoms with Crippen molar-refractivity contribution in [3.05, 3.63) is 24.4 Å². The van der Waals surface area contributed by atoms with Crippen LogP contribution in [0.3, 0.4) is 0 Å². The number of ether oxygens (including phenoxy) is 1. The summed E-state index contributed by atoms with van der Waals surface area (Å²) in [6.45, 7) is 7.83. The van der Waals surface area contributed by atoms with Crippen molar-refractivity contribution in [2.24, 2.45) is 5.92 Å². The molecule has 2 aliphatic rings. The number of pyridine rings is 1. The molecule has 4 rings (SSSR count). The van der Waals surface area contributed by atoms with Crippen LogP contribution in [0.4, 0.5) is 26.8 Å². The predicted molar refractivity (Wildman–Crippen MR) is 118 cm³/mol. The Hall–Kier alpha value is -3.36. The molecule has 0 bridgehead atoms. The van der Waals surface area contributed by atoms with E-state index in [1.807, 2.05) is 13.0 Å². The first-order valence-corrected chi connectivity index (χ1v) is 10.4. The van der Waals surface area contributed by atoms with Crippen molar-refractivity contribution in [1.29, 1.82) is 0 Å². The van der Waals surface area contributed by atoms with Crippen LogP contribution >= 0.6 is 0 Å². The number of hydrogen-bond donors (Lipinski definition) is 3. The number of urea groups is 1. The lowest BCUT2D eigenvalue weighted by Gasteiger charge is -2.23. The molecule has 4 amide bonds. The first-order valence-electron chi connectivity index (χ1n) is 10.4. The van der Waals surface area contributed by atoms with E-state index in [-0.39, 0.29) is 23.9 Å². The van der Waals surface area contributed by atoms with E-state index in [2.05, 4.69) is 20.9 Å². The van der Waals surface area contributed by atoms with Crippen molar-refractivity contribution in [2.45, 2.75) is 52.2 Å². The number of hydrogen-bond acceptors (Lipinski definition) is 5. The topological polar surface area (TPSA) is 113 Å². The van der Waals surface area contributed by atoms with E-state index >= 15 is 0 Å². The highest BCUT2D eigenvalue weighted by molar-refractivity contribution is 6.06. The van der Waals surface area contributed by atoms with Crippen LogP contribution in [0.25, 0.3) is 10.8 Å². The molecule has 3 N–H and O–H groups in total. The minimum Gasteiger partial charge on any atom is -0.444 e. The van der Waals surface area contributed by atoms with Crippen molar-refractivity contribution in [3.63, 3.8) is 0 Å². The molecular weight excluding hydrogens is 398 g/mol. The van der Waals surface area contributed by atoms with Gasteiger partial charge in [-0.3, -0.25) is 15.0 Å². The normalized spacial score (nSPS) is 18.6. The monoisotopic (exact) mass is 425 g/mol. The molecule has 1 saturated heterocycles. The Morgan fingerprint density at radius 1 is 1.19 bits per heavy atom. The van der Waals surface area contributed by atoms with Crippen LogP contribution in [0, 0.1) is 5.92 Å². The summed E-state index contributed by atoms with van der Waals surface area (Å²) in [7, 11) is 0. The standard InChI is InChI=1S/C22H27N5O4/c1-12-10-24-20(29)27(12)15-7-14-8-18(26-19(28)13-5-6-13)23-11-16(14)17(9-15)25-21(30)31-22(2,3)4/h7-9,11-13H,5-6,10H2,1-4H3,(H,24,29)(H,25,30)(H,23,26,28). The third kappa shape index (κ3) is 4.70. The van der Waals surface area contributed by atoms with Crippen LogP contribution in [0.15, 0.2) is 24.4 Å². The number of nitrogens with one attached hydrogen (secondary N) is 3. The molecule has 2 heterocycles. The van der Waals surface area contributed by atoms with Gasteiger partial charge < -0.3 is 15.4 Å². The van der Waals surface area contributed by atoms with Gasteiger partial charge in [-0.2, -0.15) is 0 Å². The molecule has 164 valence electrons. The lowest BCUT2D eigenvalue weighted by Crippen LogP contribution is -2.32. The number of anilines is 3. The van der Waals surface area contributed by atoms with Crippen molar-refractivity contribution in [2.75, 3.05) is 22.1 Å². The molecule has 9 heteroatoms. The lowest BCUT2D eigenvalue weighted by atomic mass is 10.1. The van der Waals surface area contributed by atoms with Crippen LogP contribution in [-0.4, -0.2) is 41.2 Å². The Labute approximate surface area is 180 Å². The van der Waals surface area contributed by atoms with E-state index in [0.717, 1.165) is 18.2 Å². The van der Waals surface area contributed by atoms with Crippen LogP contribution < -0.4 is 20.9 Å². The number of carbonyl (C=O) groups excluding carboxylic acids is 3. The fraction of sp³-hybridized carbons (Fsp3) is 0.455. The van der Waals surface area contributed by atoms with E-state index in [1.165, 1.54) is 0 Å². The van der Waals surface area contributed by atoms with Crippen LogP contribution in [-0.2, 0) is 9.53 Å². The molecule has 0 spiro atoms. The highest BCUT2D eigenvalue weighted by Gasteiger charge is 2.31. The molecule has 31 heavy (non-hydrogen) atoms. The molecule has 2 aromatic rings. The van der Waals surface area contributed by atoms with Crippen molar-refractivity contribution < 1.29 is 19.1 Å². The average Bonchev–Trinajstić information content (AvgIpc) is 3.45. The Morgan fingerprint density at radius 2 is 1.94 bits per heavy atom. The van der Waals surface area contributed by atoms with Gasteiger partial charge in [-0.25, -0.2) is 14.6 Å². The Balaban J connectivity index is 1.73. The zero-order valence-electron chi connectivity index (χ0n) is 18.1. The predicted octanol–water partition coefficient (Wildman–Crippen LogP) is 3.85. The number of benzene rings is 1. The maximum atomic E-state index is 12.4. The summed E-state index contributed by atoms with van der Waals surface area (Å²) in [5.74, 6) is 0.453. The molecule has 1 aliphatic carbocycles. The number of aromatic nitrogens is 1. The Morgan fingerprint density at radius 3 is 2.55 bits per heavy atom. The number of amides is 4. The van der Waals surface area contributed by atoms with Crippen molar-refractivity contribution in [3.8, 4) is 0 Å². The van der Waals surface area contributed by atoms with Gasteiger partial charge in [-0.1, -0.05) is 0 Å². The van der Waals surface area contributed by atoms with Crippen LogP contribution in [0.5, 0.6) is 0 Å². The maximum absolute atomic E-state index is 12.4. The van der Waals surface area contributed by atoms with Gasteiger partial charge in [-0.15, -0.1) is 0 Å². The summed E-state index contributed by atoms with van der Waals surface area (Å²) in [6.07, 6.45) is 2.79. The first kappa shape index (κ1) is 20.9. The van der Waals surface area contributed by atoms with E-state index < -0.39 is 11.7 Å². The molecule has 1 saturated carbocycles. The number of fused-ring (bicyclic) bond motifs is 1. The Kier molecular flexibility index (Phi) is 5.20. The largest absolute Gasteiger partial charge is 0.444 e. The summed E-state index contributed by atoms with van der Waals surface area (Å²) in [6, 6.07) is 5.09. The zero-order chi connectivity index (χ0) is 22.3. The van der Waals surface area contributed by atoms with Gasteiger partial charge in [0.05, 0.1) is 11.7 Å². The molecule has 9 nitrogen and oxygen atoms in total. The van der Waals surface area contributed by atoms with Gasteiger partial charge >= 0.3 is 12.1 Å². The van der Waals surface area contributed by atoms with Gasteiger partial charge in [-0.05, 0) is 64.1 Å². The molecule has 1 aromatic carbocycles. The van der Waals surface area contributed by atoms with E-state index in [1.54, 1.807) is 44.0 Å². The fourth-order valence-corrected chi connectivity index (χ4v) is 3.52. The molecule has 2 fully saturated rings. The second-order valence-corrected chi connectivity index (χ2v) is 9.08. The Bertz CT molecular complexity index is 1060. The first-order chi connectivity index (χ1) is 14.6. The third-order valence-corrected chi connectivity index (χ3v) is 5.14. The fourth-order valence-electron chi connectivity index (χ4n) is 3.52. The van der Waals surface area contributed by atoms with Crippen molar-refractivity contribution in [1.82, 2.24) is 10.3 Å². The summed E-state index contributed by atoms with van der Waals surface area (Å²) >= 11 is 0. The summed E-state index contributed by atoms with van der Waals surface area (Å²) < 4.78 is 5.39. The van der Waals surface area contributed by atoms with Gasteiger partial charge in [0.2, 0.25) is 5.91 Å². The SMILES string of the molecule is CC1CNC(=O)N1c1cc(NC(=O)OC(C)(C)C)c2cnc(NC(=O)C3CC3)cc2c1. The van der Waals surface area contributed by atoms with Gasteiger partial charge in [0.1, 0.15) is 11.4 Å². The summed E-state index contributed by atoms with van der Waals surface area (Å²) in [5.41, 5.74) is 0.451. The zero-order valence-corrected chi connectivity index (χ0v) is 18.1. The van der Waals surface area contributed by atoms with Crippen molar-refractivity contribution >= 4 is 46.0 Å². The minimum atomic E-state index is -0.653. The average molecular weight is 425 g/mol. The lowest BCUT2D eigenvalue weighted by molar-refractivity contribution is -0.117. The smallest absolute Gasteiger partial charge is 0.412 e. The molecule has 1 aromatic heterocycles. The highest BCUT2D eigenvalue weighted by atomic mass is 16.6.